The highest BCUT2D eigenvalue weighted by atomic mass is 16.4. The molecular weight excluding hydrogens is 290 g/mol. The summed E-state index contributed by atoms with van der Waals surface area (Å²) < 4.78 is 0. The first-order chi connectivity index (χ1) is 11.2. The monoisotopic (exact) mass is 307 g/mol. The first-order valence-electron chi connectivity index (χ1n) is 7.48. The van der Waals surface area contributed by atoms with Crippen molar-refractivity contribution in [3.63, 3.8) is 0 Å². The van der Waals surface area contributed by atoms with E-state index < -0.39 is 12.0 Å². The number of benzene rings is 2. The van der Waals surface area contributed by atoms with Crippen LogP contribution in [0.15, 0.2) is 66.7 Å². The fourth-order valence-electron chi connectivity index (χ4n) is 2.85. The predicted molar refractivity (Wildman–Crippen MR) is 87.8 cm³/mol. The van der Waals surface area contributed by atoms with Crippen LogP contribution in [0.1, 0.15) is 17.0 Å². The number of carboxylic acid groups (broad SMARTS) is 1. The molecule has 0 saturated carbocycles. The van der Waals surface area contributed by atoms with Gasteiger partial charge in [-0.25, -0.2) is 4.79 Å². The molecule has 0 bridgehead atoms. The molecule has 2 aromatic carbocycles. The van der Waals surface area contributed by atoms with Crippen molar-refractivity contribution in [2.75, 3.05) is 6.54 Å². The van der Waals surface area contributed by atoms with Gasteiger partial charge in [0, 0.05) is 18.5 Å². The molecule has 4 nitrogen and oxygen atoms in total. The Morgan fingerprint density at radius 3 is 2.22 bits per heavy atom. The molecule has 1 fully saturated rings. The molecule has 4 heteroatoms. The van der Waals surface area contributed by atoms with Crippen LogP contribution in [0.25, 0.3) is 6.08 Å². The quantitative estimate of drug-likeness (QED) is 0.884. The molecular formula is C19H17NO3. The van der Waals surface area contributed by atoms with Crippen molar-refractivity contribution in [2.24, 2.45) is 0 Å². The average Bonchev–Trinajstić information content (AvgIpc) is 2.53. The molecule has 1 aliphatic heterocycles. The molecule has 23 heavy (non-hydrogen) atoms. The van der Waals surface area contributed by atoms with Gasteiger partial charge in [-0.2, -0.15) is 0 Å². The Labute approximate surface area is 134 Å². The lowest BCUT2D eigenvalue weighted by Gasteiger charge is -2.45. The number of carboxylic acids is 1. The number of hydrogen-bond acceptors (Lipinski definition) is 2. The minimum Gasteiger partial charge on any atom is -0.480 e. The maximum absolute atomic E-state index is 12.3. The Morgan fingerprint density at radius 2 is 1.61 bits per heavy atom. The summed E-state index contributed by atoms with van der Waals surface area (Å²) >= 11 is 0. The van der Waals surface area contributed by atoms with E-state index in [1.165, 1.54) is 11.0 Å². The van der Waals surface area contributed by atoms with E-state index in [0.29, 0.717) is 6.54 Å². The highest BCUT2D eigenvalue weighted by molar-refractivity contribution is 5.96. The average molecular weight is 307 g/mol. The molecule has 3 rings (SSSR count). The van der Waals surface area contributed by atoms with Crippen molar-refractivity contribution in [2.45, 2.75) is 12.0 Å². The molecule has 1 saturated heterocycles. The van der Waals surface area contributed by atoms with Gasteiger partial charge in [0.25, 0.3) is 0 Å². The molecule has 0 spiro atoms. The van der Waals surface area contributed by atoms with Crippen LogP contribution >= 0.6 is 0 Å². The van der Waals surface area contributed by atoms with E-state index in [4.69, 9.17) is 0 Å². The van der Waals surface area contributed by atoms with Gasteiger partial charge in [0.2, 0.25) is 5.91 Å². The third-order valence-corrected chi connectivity index (χ3v) is 4.09. The normalized spacial score (nSPS) is 20.3. The largest absolute Gasteiger partial charge is 0.480 e. The van der Waals surface area contributed by atoms with Gasteiger partial charge in [-0.05, 0) is 17.2 Å². The van der Waals surface area contributed by atoms with Crippen LogP contribution in [-0.2, 0) is 9.59 Å². The minimum atomic E-state index is -0.966. The minimum absolute atomic E-state index is 0.150. The highest BCUT2D eigenvalue weighted by Gasteiger charge is 2.46. The van der Waals surface area contributed by atoms with Crippen molar-refractivity contribution in [3.05, 3.63) is 77.9 Å². The molecule has 0 aromatic heterocycles. The van der Waals surface area contributed by atoms with Gasteiger partial charge < -0.3 is 10.0 Å². The zero-order chi connectivity index (χ0) is 16.2. The van der Waals surface area contributed by atoms with Crippen molar-refractivity contribution < 1.29 is 14.7 Å². The van der Waals surface area contributed by atoms with Crippen LogP contribution in [0, 0.1) is 0 Å². The van der Waals surface area contributed by atoms with Gasteiger partial charge in [-0.15, -0.1) is 0 Å². The smallest absolute Gasteiger partial charge is 0.327 e. The predicted octanol–water partition coefficient (Wildman–Crippen LogP) is 2.78. The number of likely N-dealkylation sites (tertiary alicyclic amines) is 1. The number of carbonyl (C=O) groups is 2. The van der Waals surface area contributed by atoms with E-state index >= 15 is 0 Å². The van der Waals surface area contributed by atoms with Gasteiger partial charge in [-0.1, -0.05) is 60.7 Å². The molecule has 0 aliphatic carbocycles. The number of nitrogens with zero attached hydrogens (tertiary/aromatic N) is 1. The Kier molecular flexibility index (Phi) is 4.24. The summed E-state index contributed by atoms with van der Waals surface area (Å²) in [6, 6.07) is 18.1. The maximum Gasteiger partial charge on any atom is 0.327 e. The van der Waals surface area contributed by atoms with Crippen molar-refractivity contribution in [1.82, 2.24) is 4.90 Å². The van der Waals surface area contributed by atoms with Crippen LogP contribution in [0.3, 0.4) is 0 Å². The zero-order valence-corrected chi connectivity index (χ0v) is 12.5. The lowest BCUT2D eigenvalue weighted by Crippen LogP contribution is -2.60. The third-order valence-electron chi connectivity index (χ3n) is 4.09. The van der Waals surface area contributed by atoms with Crippen LogP contribution < -0.4 is 0 Å². The number of amides is 1. The number of rotatable bonds is 4. The summed E-state index contributed by atoms with van der Waals surface area (Å²) in [6.07, 6.45) is 3.14. The van der Waals surface area contributed by atoms with Crippen molar-refractivity contribution >= 4 is 18.0 Å². The van der Waals surface area contributed by atoms with Crippen molar-refractivity contribution in [1.29, 1.82) is 0 Å². The molecule has 1 amide bonds. The SMILES string of the molecule is O=C(O)[C@@H]1[C@@H](c2ccccc2)CN1C(=O)/C=C/c1ccccc1. The van der Waals surface area contributed by atoms with E-state index in [1.54, 1.807) is 6.08 Å². The van der Waals surface area contributed by atoms with Gasteiger partial charge >= 0.3 is 5.97 Å². The molecule has 0 unspecified atom stereocenters. The Bertz CT molecular complexity index is 725. The summed E-state index contributed by atoms with van der Waals surface area (Å²) in [7, 11) is 0. The first-order valence-corrected chi connectivity index (χ1v) is 7.48. The molecule has 1 N–H and O–H groups in total. The Morgan fingerprint density at radius 1 is 1.00 bits per heavy atom. The van der Waals surface area contributed by atoms with Crippen LogP contribution in [-0.4, -0.2) is 34.5 Å². The van der Waals surface area contributed by atoms with E-state index in [0.717, 1.165) is 11.1 Å². The summed E-state index contributed by atoms with van der Waals surface area (Å²) in [5.74, 6) is -1.39. The van der Waals surface area contributed by atoms with Crippen molar-refractivity contribution in [3.8, 4) is 0 Å². The second kappa shape index (κ2) is 6.48. The van der Waals surface area contributed by atoms with E-state index in [1.807, 2.05) is 60.7 Å². The molecule has 2 atom stereocenters. The zero-order valence-electron chi connectivity index (χ0n) is 12.5. The number of aliphatic carboxylic acids is 1. The molecule has 116 valence electrons. The van der Waals surface area contributed by atoms with Crippen LogP contribution in [0.5, 0.6) is 0 Å². The first kappa shape index (κ1) is 15.0. The lowest BCUT2D eigenvalue weighted by molar-refractivity contribution is -0.157. The highest BCUT2D eigenvalue weighted by Crippen LogP contribution is 2.34. The summed E-state index contributed by atoms with van der Waals surface area (Å²) in [4.78, 5) is 25.2. The maximum atomic E-state index is 12.3. The summed E-state index contributed by atoms with van der Waals surface area (Å²) in [6.45, 7) is 0.430. The van der Waals surface area contributed by atoms with Gasteiger partial charge in [-0.3, -0.25) is 4.79 Å². The van der Waals surface area contributed by atoms with Crippen LogP contribution in [0.2, 0.25) is 0 Å². The number of carbonyl (C=O) groups excluding carboxylic acids is 1. The second-order valence-corrected chi connectivity index (χ2v) is 5.53. The van der Waals surface area contributed by atoms with Gasteiger partial charge in [0.15, 0.2) is 0 Å². The summed E-state index contributed by atoms with van der Waals surface area (Å²) in [5.41, 5.74) is 1.86. The Balaban J connectivity index is 1.72. The molecule has 0 radical (unpaired) electrons. The number of hydrogen-bond donors (Lipinski definition) is 1. The van der Waals surface area contributed by atoms with Gasteiger partial charge in [0.05, 0.1) is 0 Å². The standard InChI is InChI=1S/C19H17NO3/c21-17(12-11-14-7-3-1-4-8-14)20-13-16(18(20)19(22)23)15-9-5-2-6-10-15/h1-12,16,18H,13H2,(H,22,23)/b12-11+/t16-,18+/m1/s1. The van der Waals surface area contributed by atoms with Crippen LogP contribution in [0.4, 0.5) is 0 Å². The van der Waals surface area contributed by atoms with Gasteiger partial charge in [0.1, 0.15) is 6.04 Å². The fourth-order valence-corrected chi connectivity index (χ4v) is 2.85. The van der Waals surface area contributed by atoms with E-state index in [9.17, 15) is 14.7 Å². The molecule has 1 heterocycles. The third kappa shape index (κ3) is 3.16. The summed E-state index contributed by atoms with van der Waals surface area (Å²) in [5, 5.41) is 9.45. The van der Waals surface area contributed by atoms with E-state index in [-0.39, 0.29) is 11.8 Å². The topological polar surface area (TPSA) is 57.6 Å². The molecule has 2 aromatic rings. The second-order valence-electron chi connectivity index (χ2n) is 5.53. The Hall–Kier alpha value is -2.88. The molecule has 1 aliphatic rings. The van der Waals surface area contributed by atoms with E-state index in [2.05, 4.69) is 0 Å². The lowest BCUT2D eigenvalue weighted by atomic mass is 9.82. The fraction of sp³-hybridized carbons (Fsp3) is 0.158.